The summed E-state index contributed by atoms with van der Waals surface area (Å²) in [6.45, 7) is 1.57. The summed E-state index contributed by atoms with van der Waals surface area (Å²) >= 11 is 6.34. The molecular formula is C13H16ClFO. The number of benzene rings is 1. The molecule has 0 N–H and O–H groups in total. The second-order valence-corrected chi connectivity index (χ2v) is 4.82. The molecule has 1 aromatic carbocycles. The van der Waals surface area contributed by atoms with Crippen LogP contribution in [0.2, 0.25) is 0 Å². The summed E-state index contributed by atoms with van der Waals surface area (Å²) in [6.07, 6.45) is 2.59. The van der Waals surface area contributed by atoms with Gasteiger partial charge >= 0.3 is 0 Å². The molecule has 88 valence electrons. The maximum absolute atomic E-state index is 13.4. The number of ether oxygens (including phenoxy) is 1. The Balaban J connectivity index is 1.96. The summed E-state index contributed by atoms with van der Waals surface area (Å²) in [4.78, 5) is 0. The SMILES string of the molecule is Fc1ccccc1CC(Cl)C1CCOCC1. The van der Waals surface area contributed by atoms with Gasteiger partial charge in [0.1, 0.15) is 5.82 Å². The molecule has 3 heteroatoms. The van der Waals surface area contributed by atoms with Crippen molar-refractivity contribution in [1.29, 1.82) is 0 Å². The highest BCUT2D eigenvalue weighted by atomic mass is 35.5. The van der Waals surface area contributed by atoms with Crippen LogP contribution in [0.5, 0.6) is 0 Å². The molecule has 16 heavy (non-hydrogen) atoms. The second-order valence-electron chi connectivity index (χ2n) is 4.26. The minimum Gasteiger partial charge on any atom is -0.381 e. The maximum atomic E-state index is 13.4. The molecule has 1 aromatic rings. The highest BCUT2D eigenvalue weighted by Crippen LogP contribution is 2.26. The summed E-state index contributed by atoms with van der Waals surface area (Å²) in [5.74, 6) is 0.301. The maximum Gasteiger partial charge on any atom is 0.126 e. The van der Waals surface area contributed by atoms with Crippen LogP contribution in [-0.2, 0) is 11.2 Å². The lowest BCUT2D eigenvalue weighted by Gasteiger charge is -2.26. The minimum absolute atomic E-state index is 0.0146. The Morgan fingerprint density at radius 2 is 2.00 bits per heavy atom. The molecular weight excluding hydrogens is 227 g/mol. The fraction of sp³-hybridized carbons (Fsp3) is 0.538. The summed E-state index contributed by atoms with van der Waals surface area (Å²) in [5, 5.41) is 0.0146. The van der Waals surface area contributed by atoms with Crippen LogP contribution in [0.3, 0.4) is 0 Å². The van der Waals surface area contributed by atoms with Crippen molar-refractivity contribution in [1.82, 2.24) is 0 Å². The van der Waals surface area contributed by atoms with Crippen LogP contribution < -0.4 is 0 Å². The third-order valence-electron chi connectivity index (χ3n) is 3.15. The summed E-state index contributed by atoms with van der Waals surface area (Å²) < 4.78 is 18.7. The van der Waals surface area contributed by atoms with Gasteiger partial charge in [0.05, 0.1) is 0 Å². The zero-order valence-electron chi connectivity index (χ0n) is 9.16. The molecule has 2 rings (SSSR count). The predicted molar refractivity (Wildman–Crippen MR) is 63.3 cm³/mol. The summed E-state index contributed by atoms with van der Waals surface area (Å²) in [6, 6.07) is 6.86. The Hall–Kier alpha value is -0.600. The van der Waals surface area contributed by atoms with Crippen molar-refractivity contribution in [3.8, 4) is 0 Å². The molecule has 0 radical (unpaired) electrons. The third-order valence-corrected chi connectivity index (χ3v) is 3.66. The van der Waals surface area contributed by atoms with Crippen molar-refractivity contribution >= 4 is 11.6 Å². The van der Waals surface area contributed by atoms with Crippen molar-refractivity contribution in [2.75, 3.05) is 13.2 Å². The van der Waals surface area contributed by atoms with E-state index in [1.807, 2.05) is 12.1 Å². The van der Waals surface area contributed by atoms with Crippen molar-refractivity contribution in [3.63, 3.8) is 0 Å². The van der Waals surface area contributed by atoms with E-state index in [-0.39, 0.29) is 11.2 Å². The molecule has 0 saturated carbocycles. The topological polar surface area (TPSA) is 9.23 Å². The van der Waals surface area contributed by atoms with Crippen LogP contribution in [-0.4, -0.2) is 18.6 Å². The lowest BCUT2D eigenvalue weighted by Crippen LogP contribution is -2.25. The molecule has 0 spiro atoms. The second kappa shape index (κ2) is 5.65. The molecule has 0 aliphatic carbocycles. The smallest absolute Gasteiger partial charge is 0.126 e. The van der Waals surface area contributed by atoms with Crippen molar-refractivity contribution in [3.05, 3.63) is 35.6 Å². The Bertz CT molecular complexity index is 336. The number of alkyl halides is 1. The van der Waals surface area contributed by atoms with Gasteiger partial charge in [0.2, 0.25) is 0 Å². The van der Waals surface area contributed by atoms with Crippen LogP contribution >= 0.6 is 11.6 Å². The van der Waals surface area contributed by atoms with Gasteiger partial charge in [-0.15, -0.1) is 11.6 Å². The van der Waals surface area contributed by atoms with E-state index >= 15 is 0 Å². The molecule has 1 unspecified atom stereocenters. The quantitative estimate of drug-likeness (QED) is 0.739. The Labute approximate surface area is 101 Å². The van der Waals surface area contributed by atoms with E-state index in [4.69, 9.17) is 16.3 Å². The lowest BCUT2D eigenvalue weighted by atomic mass is 9.92. The zero-order chi connectivity index (χ0) is 11.4. The van der Waals surface area contributed by atoms with Crippen LogP contribution in [0.25, 0.3) is 0 Å². The third kappa shape index (κ3) is 2.96. The van der Waals surface area contributed by atoms with Crippen molar-refractivity contribution in [2.45, 2.75) is 24.6 Å². The Morgan fingerprint density at radius 1 is 1.31 bits per heavy atom. The molecule has 1 nitrogen and oxygen atoms in total. The normalized spacial score (nSPS) is 19.6. The van der Waals surface area contributed by atoms with E-state index in [0.29, 0.717) is 17.9 Å². The highest BCUT2D eigenvalue weighted by Gasteiger charge is 2.23. The van der Waals surface area contributed by atoms with Gasteiger partial charge in [-0.1, -0.05) is 18.2 Å². The molecule has 0 amide bonds. The van der Waals surface area contributed by atoms with Gasteiger partial charge in [0.25, 0.3) is 0 Å². The van der Waals surface area contributed by atoms with Crippen molar-refractivity contribution < 1.29 is 9.13 Å². The summed E-state index contributed by atoms with van der Waals surface area (Å²) in [7, 11) is 0. The predicted octanol–water partition coefficient (Wildman–Crippen LogP) is 3.40. The molecule has 1 saturated heterocycles. The average Bonchev–Trinajstić information content (AvgIpc) is 2.33. The van der Waals surface area contributed by atoms with Crippen LogP contribution in [0, 0.1) is 11.7 Å². The van der Waals surface area contributed by atoms with E-state index in [0.717, 1.165) is 26.1 Å². The first-order valence-electron chi connectivity index (χ1n) is 5.72. The molecule has 1 heterocycles. The van der Waals surface area contributed by atoms with Crippen LogP contribution in [0.4, 0.5) is 4.39 Å². The van der Waals surface area contributed by atoms with Gasteiger partial charge in [0.15, 0.2) is 0 Å². The van der Waals surface area contributed by atoms with Gasteiger partial charge in [-0.2, -0.15) is 0 Å². The van der Waals surface area contributed by atoms with Gasteiger partial charge in [-0.3, -0.25) is 0 Å². The average molecular weight is 243 g/mol. The number of hydrogen-bond donors (Lipinski definition) is 0. The van der Waals surface area contributed by atoms with Gasteiger partial charge in [-0.25, -0.2) is 4.39 Å². The first-order valence-corrected chi connectivity index (χ1v) is 6.16. The van der Waals surface area contributed by atoms with E-state index in [1.165, 1.54) is 6.07 Å². The Morgan fingerprint density at radius 3 is 2.69 bits per heavy atom. The van der Waals surface area contributed by atoms with Gasteiger partial charge in [-0.05, 0) is 36.8 Å². The molecule has 1 fully saturated rings. The molecule has 1 aliphatic rings. The molecule has 1 aliphatic heterocycles. The first-order chi connectivity index (χ1) is 7.77. The largest absolute Gasteiger partial charge is 0.381 e. The summed E-state index contributed by atoms with van der Waals surface area (Å²) in [5.41, 5.74) is 0.717. The first kappa shape index (κ1) is 11.9. The van der Waals surface area contributed by atoms with Gasteiger partial charge in [0, 0.05) is 18.6 Å². The fourth-order valence-electron chi connectivity index (χ4n) is 2.12. The molecule has 1 atom stereocenters. The monoisotopic (exact) mass is 242 g/mol. The highest BCUT2D eigenvalue weighted by molar-refractivity contribution is 6.20. The molecule has 0 bridgehead atoms. The number of hydrogen-bond acceptors (Lipinski definition) is 1. The number of halogens is 2. The fourth-order valence-corrected chi connectivity index (χ4v) is 2.54. The van der Waals surface area contributed by atoms with Crippen LogP contribution in [0.1, 0.15) is 18.4 Å². The zero-order valence-corrected chi connectivity index (χ0v) is 9.92. The minimum atomic E-state index is -0.153. The van der Waals surface area contributed by atoms with E-state index < -0.39 is 0 Å². The molecule has 0 aromatic heterocycles. The van der Waals surface area contributed by atoms with Crippen LogP contribution in [0.15, 0.2) is 24.3 Å². The van der Waals surface area contributed by atoms with Crippen molar-refractivity contribution in [2.24, 2.45) is 5.92 Å². The van der Waals surface area contributed by atoms with E-state index in [1.54, 1.807) is 6.07 Å². The lowest BCUT2D eigenvalue weighted by molar-refractivity contribution is 0.0650. The Kier molecular flexibility index (Phi) is 4.19. The van der Waals surface area contributed by atoms with Gasteiger partial charge < -0.3 is 4.74 Å². The number of rotatable bonds is 3. The standard InChI is InChI=1S/C13H16ClFO/c14-12(10-5-7-16-8-6-10)9-11-3-1-2-4-13(11)15/h1-4,10,12H,5-9H2. The van der Waals surface area contributed by atoms with E-state index in [9.17, 15) is 4.39 Å². The van der Waals surface area contributed by atoms with E-state index in [2.05, 4.69) is 0 Å².